The number of para-hydroxylation sites is 1. The summed E-state index contributed by atoms with van der Waals surface area (Å²) < 4.78 is 18.6. The second-order valence-electron chi connectivity index (χ2n) is 5.86. The number of halogens is 1. The molecule has 9 heteroatoms. The maximum Gasteiger partial charge on any atom is 0.252 e. The lowest BCUT2D eigenvalue weighted by Crippen LogP contribution is -2.35. The van der Waals surface area contributed by atoms with Crippen LogP contribution in [0.2, 0.25) is 0 Å². The third kappa shape index (κ3) is 4.91. The molecule has 3 N–H and O–H groups in total. The Morgan fingerprint density at radius 2 is 2.04 bits per heavy atom. The first-order valence-electron chi connectivity index (χ1n) is 8.41. The van der Waals surface area contributed by atoms with E-state index in [9.17, 15) is 14.0 Å². The van der Waals surface area contributed by atoms with E-state index in [4.69, 9.17) is 4.74 Å². The minimum absolute atomic E-state index is 0.0531. The van der Waals surface area contributed by atoms with Crippen LogP contribution < -0.4 is 20.8 Å². The van der Waals surface area contributed by atoms with E-state index in [0.29, 0.717) is 0 Å². The Labute approximate surface area is 160 Å². The summed E-state index contributed by atoms with van der Waals surface area (Å²) in [6, 6.07) is 12.1. The molecule has 1 aliphatic rings. The van der Waals surface area contributed by atoms with Crippen LogP contribution in [0.1, 0.15) is 12.0 Å². The third-order valence-electron chi connectivity index (χ3n) is 3.86. The van der Waals surface area contributed by atoms with Gasteiger partial charge >= 0.3 is 0 Å². The van der Waals surface area contributed by atoms with Crippen LogP contribution in [0.25, 0.3) is 0 Å². The molecule has 144 valence electrons. The van der Waals surface area contributed by atoms with Crippen LogP contribution in [0.5, 0.6) is 5.75 Å². The minimum atomic E-state index is -0.912. The summed E-state index contributed by atoms with van der Waals surface area (Å²) in [6.07, 6.45) is 1.33. The van der Waals surface area contributed by atoms with Crippen molar-refractivity contribution in [1.29, 1.82) is 0 Å². The van der Waals surface area contributed by atoms with Crippen LogP contribution in [0.3, 0.4) is 0 Å². The van der Waals surface area contributed by atoms with E-state index in [2.05, 4.69) is 26.2 Å². The standard InChI is InChI=1S/C19H18FN5O3/c1-28-13-8-6-12(7-9-13)11-21-25-19-23-16(18(27)24-19)10-17(26)22-15-5-3-2-4-14(15)20/h2-9,11,16H,10H2,1H3,(H,22,26)(H2,23,24,25,27)/b21-11+. The maximum atomic E-state index is 13.6. The Balaban J connectivity index is 1.54. The second kappa shape index (κ2) is 8.76. The highest BCUT2D eigenvalue weighted by Gasteiger charge is 2.28. The molecule has 0 spiro atoms. The molecule has 8 nitrogen and oxygen atoms in total. The van der Waals surface area contributed by atoms with Crippen molar-refractivity contribution >= 4 is 29.7 Å². The summed E-state index contributed by atoms with van der Waals surface area (Å²) >= 11 is 0. The van der Waals surface area contributed by atoms with Crippen molar-refractivity contribution in [3.8, 4) is 5.75 Å². The molecular weight excluding hydrogens is 365 g/mol. The van der Waals surface area contributed by atoms with Gasteiger partial charge in [-0.1, -0.05) is 12.1 Å². The van der Waals surface area contributed by atoms with Gasteiger partial charge in [-0.3, -0.25) is 14.9 Å². The number of hydrogen-bond donors (Lipinski definition) is 3. The van der Waals surface area contributed by atoms with Gasteiger partial charge < -0.3 is 10.1 Å². The number of carbonyl (C=O) groups excluding carboxylic acids is 2. The van der Waals surface area contributed by atoms with Gasteiger partial charge in [0.25, 0.3) is 5.91 Å². The summed E-state index contributed by atoms with van der Waals surface area (Å²) in [5.41, 5.74) is 3.49. The number of guanidine groups is 1. The molecule has 1 atom stereocenters. The van der Waals surface area contributed by atoms with Gasteiger partial charge in [0.05, 0.1) is 25.4 Å². The first kappa shape index (κ1) is 19.0. The molecule has 2 amide bonds. The Hall–Kier alpha value is -3.75. The summed E-state index contributed by atoms with van der Waals surface area (Å²) in [5.74, 6) is -0.638. The predicted octanol–water partition coefficient (Wildman–Crippen LogP) is 1.64. The quantitative estimate of drug-likeness (QED) is 0.521. The highest BCUT2D eigenvalue weighted by Crippen LogP contribution is 2.14. The van der Waals surface area contributed by atoms with Crippen LogP contribution in [-0.4, -0.2) is 37.1 Å². The average molecular weight is 383 g/mol. The monoisotopic (exact) mass is 383 g/mol. The third-order valence-corrected chi connectivity index (χ3v) is 3.86. The van der Waals surface area contributed by atoms with E-state index in [-0.39, 0.29) is 18.1 Å². The average Bonchev–Trinajstić information content (AvgIpc) is 3.03. The fraction of sp³-hybridized carbons (Fsp3) is 0.158. The number of hydrogen-bond acceptors (Lipinski definition) is 6. The molecule has 2 aromatic rings. The summed E-state index contributed by atoms with van der Waals surface area (Å²) in [5, 5.41) is 8.92. The van der Waals surface area contributed by atoms with Crippen molar-refractivity contribution in [2.75, 3.05) is 12.4 Å². The van der Waals surface area contributed by atoms with Gasteiger partial charge in [-0.15, -0.1) is 0 Å². The number of aliphatic imine (C=N–C) groups is 1. The molecule has 1 heterocycles. The smallest absolute Gasteiger partial charge is 0.252 e. The van der Waals surface area contributed by atoms with Crippen LogP contribution in [0.4, 0.5) is 10.1 Å². The van der Waals surface area contributed by atoms with Crippen molar-refractivity contribution in [2.24, 2.45) is 10.1 Å². The highest BCUT2D eigenvalue weighted by atomic mass is 19.1. The largest absolute Gasteiger partial charge is 0.497 e. The van der Waals surface area contributed by atoms with E-state index < -0.39 is 23.7 Å². The predicted molar refractivity (Wildman–Crippen MR) is 103 cm³/mol. The molecule has 1 aliphatic heterocycles. The number of benzene rings is 2. The fourth-order valence-electron chi connectivity index (χ4n) is 2.44. The molecule has 0 fully saturated rings. The molecule has 0 saturated carbocycles. The molecule has 1 unspecified atom stereocenters. The first-order chi connectivity index (χ1) is 13.5. The maximum absolute atomic E-state index is 13.6. The topological polar surface area (TPSA) is 104 Å². The number of carbonyl (C=O) groups is 2. The van der Waals surface area contributed by atoms with Gasteiger partial charge in [-0.25, -0.2) is 14.8 Å². The molecule has 28 heavy (non-hydrogen) atoms. The number of nitrogens with one attached hydrogen (secondary N) is 3. The van der Waals surface area contributed by atoms with Crippen molar-refractivity contribution < 1.29 is 18.7 Å². The molecule has 3 rings (SSSR count). The Kier molecular flexibility index (Phi) is 5.95. The highest BCUT2D eigenvalue weighted by molar-refractivity contribution is 6.07. The minimum Gasteiger partial charge on any atom is -0.497 e. The van der Waals surface area contributed by atoms with Crippen LogP contribution in [0.15, 0.2) is 58.6 Å². The molecule has 0 radical (unpaired) electrons. The Morgan fingerprint density at radius 1 is 1.29 bits per heavy atom. The molecule has 0 saturated heterocycles. The lowest BCUT2D eigenvalue weighted by Gasteiger charge is -2.07. The number of hydrazone groups is 1. The molecular formula is C19H18FN5O3. The van der Waals surface area contributed by atoms with E-state index in [0.717, 1.165) is 11.3 Å². The van der Waals surface area contributed by atoms with Gasteiger partial charge in [-0.05, 0) is 42.0 Å². The number of rotatable bonds is 6. The first-order valence-corrected chi connectivity index (χ1v) is 8.41. The second-order valence-corrected chi connectivity index (χ2v) is 5.86. The molecule has 2 aromatic carbocycles. The fourth-order valence-corrected chi connectivity index (χ4v) is 2.44. The number of methoxy groups -OCH3 is 1. The van der Waals surface area contributed by atoms with Gasteiger partial charge in [-0.2, -0.15) is 5.10 Å². The normalized spacial score (nSPS) is 15.9. The van der Waals surface area contributed by atoms with Crippen molar-refractivity contribution in [1.82, 2.24) is 10.7 Å². The van der Waals surface area contributed by atoms with E-state index in [1.54, 1.807) is 31.5 Å². The van der Waals surface area contributed by atoms with E-state index in [1.165, 1.54) is 18.2 Å². The Morgan fingerprint density at radius 3 is 2.75 bits per heavy atom. The van der Waals surface area contributed by atoms with E-state index in [1.807, 2.05) is 12.1 Å². The molecule has 0 aromatic heterocycles. The van der Waals surface area contributed by atoms with Gasteiger partial charge in [0.2, 0.25) is 11.9 Å². The lowest BCUT2D eigenvalue weighted by molar-refractivity contribution is -0.123. The zero-order chi connectivity index (χ0) is 19.9. The summed E-state index contributed by atoms with van der Waals surface area (Å²) in [6.45, 7) is 0. The molecule has 0 aliphatic carbocycles. The Bertz CT molecular complexity index is 927. The number of amides is 2. The number of anilines is 1. The van der Waals surface area contributed by atoms with Crippen molar-refractivity contribution in [3.63, 3.8) is 0 Å². The van der Waals surface area contributed by atoms with Crippen LogP contribution in [0, 0.1) is 5.82 Å². The van der Waals surface area contributed by atoms with Crippen molar-refractivity contribution in [3.05, 3.63) is 59.9 Å². The summed E-state index contributed by atoms with van der Waals surface area (Å²) in [7, 11) is 1.58. The number of nitrogens with zero attached hydrogens (tertiary/aromatic N) is 2. The van der Waals surface area contributed by atoms with Crippen LogP contribution >= 0.6 is 0 Å². The lowest BCUT2D eigenvalue weighted by atomic mass is 10.2. The summed E-state index contributed by atoms with van der Waals surface area (Å²) in [4.78, 5) is 28.1. The number of ether oxygens (including phenoxy) is 1. The SMILES string of the molecule is COc1ccc(/C=N/NC2=NC(CC(=O)Nc3ccccc3F)C(=O)N2)cc1. The van der Waals surface area contributed by atoms with Gasteiger partial charge in [0.15, 0.2) is 0 Å². The van der Waals surface area contributed by atoms with E-state index >= 15 is 0 Å². The van der Waals surface area contributed by atoms with Gasteiger partial charge in [0, 0.05) is 0 Å². The van der Waals surface area contributed by atoms with Crippen LogP contribution in [-0.2, 0) is 9.59 Å². The zero-order valence-corrected chi connectivity index (χ0v) is 15.0. The van der Waals surface area contributed by atoms with Crippen molar-refractivity contribution in [2.45, 2.75) is 12.5 Å². The zero-order valence-electron chi connectivity index (χ0n) is 15.0. The van der Waals surface area contributed by atoms with Gasteiger partial charge in [0.1, 0.15) is 17.6 Å². The molecule has 0 bridgehead atoms.